The maximum absolute atomic E-state index is 5.86. The molecule has 0 saturated carbocycles. The third-order valence-corrected chi connectivity index (χ3v) is 3.35. The summed E-state index contributed by atoms with van der Waals surface area (Å²) in [6, 6.07) is 10.3. The van der Waals surface area contributed by atoms with Crippen LogP contribution in [0.1, 0.15) is 11.1 Å². The fourth-order valence-electron chi connectivity index (χ4n) is 2.33. The van der Waals surface area contributed by atoms with Gasteiger partial charge in [-0.15, -0.1) is 6.58 Å². The molecule has 0 aliphatic carbocycles. The quantitative estimate of drug-likeness (QED) is 0.704. The van der Waals surface area contributed by atoms with Crippen LogP contribution in [0.3, 0.4) is 0 Å². The van der Waals surface area contributed by atoms with Crippen LogP contribution in [0.2, 0.25) is 0 Å². The summed E-state index contributed by atoms with van der Waals surface area (Å²) < 4.78 is 5.86. The van der Waals surface area contributed by atoms with Crippen LogP contribution in [0.15, 0.2) is 55.5 Å². The van der Waals surface area contributed by atoms with Gasteiger partial charge in [-0.05, 0) is 17.5 Å². The molecule has 0 unspecified atom stereocenters. The lowest BCUT2D eigenvalue weighted by Gasteiger charge is -2.07. The van der Waals surface area contributed by atoms with Crippen molar-refractivity contribution in [3.05, 3.63) is 66.6 Å². The Morgan fingerprint density at radius 1 is 1.19 bits per heavy atom. The van der Waals surface area contributed by atoms with Gasteiger partial charge in [0, 0.05) is 12.6 Å². The maximum atomic E-state index is 5.86. The number of H-pyrrole nitrogens is 1. The van der Waals surface area contributed by atoms with E-state index in [1.807, 2.05) is 30.5 Å². The number of nitrogens with one attached hydrogen (secondary N) is 1. The molecule has 0 bridgehead atoms. The molecule has 1 N–H and O–H groups in total. The topological polar surface area (TPSA) is 50.8 Å². The minimum Gasteiger partial charge on any atom is -0.477 e. The lowest BCUT2D eigenvalue weighted by molar-refractivity contribution is 0.313. The van der Waals surface area contributed by atoms with Crippen LogP contribution >= 0.6 is 0 Å². The van der Waals surface area contributed by atoms with Crippen molar-refractivity contribution in [1.29, 1.82) is 0 Å². The summed E-state index contributed by atoms with van der Waals surface area (Å²) in [5.41, 5.74) is 3.16. The van der Waals surface area contributed by atoms with Crippen molar-refractivity contribution >= 4 is 11.0 Å². The van der Waals surface area contributed by atoms with Crippen LogP contribution in [0.5, 0.6) is 5.88 Å². The van der Waals surface area contributed by atoms with Crippen LogP contribution in [-0.2, 0) is 12.8 Å². The molecule has 2 aromatic heterocycles. The Morgan fingerprint density at radius 2 is 2.05 bits per heavy atom. The number of allylic oxidation sites excluding steroid dienone is 1. The SMILES string of the molecule is C=CCc1c[nH]c2ncnc(OCCc3ccccc3)c12. The molecule has 0 amide bonds. The zero-order chi connectivity index (χ0) is 14.5. The van der Waals surface area contributed by atoms with E-state index in [0.29, 0.717) is 12.5 Å². The summed E-state index contributed by atoms with van der Waals surface area (Å²) in [5, 5.41) is 0.950. The monoisotopic (exact) mass is 279 g/mol. The summed E-state index contributed by atoms with van der Waals surface area (Å²) in [6.45, 7) is 4.37. The highest BCUT2D eigenvalue weighted by Gasteiger charge is 2.11. The van der Waals surface area contributed by atoms with Crippen LogP contribution in [0.4, 0.5) is 0 Å². The molecule has 0 aliphatic heterocycles. The highest BCUT2D eigenvalue weighted by atomic mass is 16.5. The van der Waals surface area contributed by atoms with Crippen LogP contribution in [-0.4, -0.2) is 21.6 Å². The number of hydrogen-bond acceptors (Lipinski definition) is 3. The Labute approximate surface area is 123 Å². The third kappa shape index (κ3) is 2.94. The van der Waals surface area contributed by atoms with Crippen LogP contribution in [0.25, 0.3) is 11.0 Å². The first-order valence-corrected chi connectivity index (χ1v) is 6.97. The Kier molecular flexibility index (Phi) is 3.96. The fraction of sp³-hybridized carbons (Fsp3) is 0.176. The van der Waals surface area contributed by atoms with Crippen molar-refractivity contribution in [3.8, 4) is 5.88 Å². The third-order valence-electron chi connectivity index (χ3n) is 3.35. The number of benzene rings is 1. The van der Waals surface area contributed by atoms with E-state index in [1.54, 1.807) is 0 Å². The van der Waals surface area contributed by atoms with Crippen molar-refractivity contribution < 1.29 is 4.74 Å². The highest BCUT2D eigenvalue weighted by molar-refractivity contribution is 5.84. The number of ether oxygens (including phenoxy) is 1. The van der Waals surface area contributed by atoms with Crippen molar-refractivity contribution in [2.24, 2.45) is 0 Å². The average Bonchev–Trinajstić information content (AvgIpc) is 2.93. The molecule has 0 fully saturated rings. The summed E-state index contributed by atoms with van der Waals surface area (Å²) in [6.07, 6.45) is 6.94. The van der Waals surface area contributed by atoms with E-state index in [-0.39, 0.29) is 0 Å². The molecule has 4 heteroatoms. The minimum absolute atomic E-state index is 0.592. The molecule has 106 valence electrons. The molecule has 2 heterocycles. The average molecular weight is 279 g/mol. The molecule has 3 rings (SSSR count). The van der Waals surface area contributed by atoms with Gasteiger partial charge in [0.1, 0.15) is 12.0 Å². The van der Waals surface area contributed by atoms with E-state index >= 15 is 0 Å². The van der Waals surface area contributed by atoms with Gasteiger partial charge < -0.3 is 9.72 Å². The number of rotatable bonds is 6. The summed E-state index contributed by atoms with van der Waals surface area (Å²) in [4.78, 5) is 11.6. The first-order valence-electron chi connectivity index (χ1n) is 6.97. The van der Waals surface area contributed by atoms with Gasteiger partial charge in [-0.3, -0.25) is 0 Å². The molecular formula is C17H17N3O. The maximum Gasteiger partial charge on any atom is 0.226 e. The van der Waals surface area contributed by atoms with E-state index in [9.17, 15) is 0 Å². The molecule has 1 aromatic carbocycles. The van der Waals surface area contributed by atoms with Crippen molar-refractivity contribution in [2.45, 2.75) is 12.8 Å². The van der Waals surface area contributed by atoms with Crippen LogP contribution in [0, 0.1) is 0 Å². The fourth-order valence-corrected chi connectivity index (χ4v) is 2.33. The summed E-state index contributed by atoms with van der Waals surface area (Å²) in [5.74, 6) is 0.633. The Morgan fingerprint density at radius 3 is 2.86 bits per heavy atom. The molecule has 0 saturated heterocycles. The highest BCUT2D eigenvalue weighted by Crippen LogP contribution is 2.25. The van der Waals surface area contributed by atoms with Gasteiger partial charge in [-0.2, -0.15) is 0 Å². The number of fused-ring (bicyclic) bond motifs is 1. The van der Waals surface area contributed by atoms with E-state index in [0.717, 1.165) is 29.4 Å². The zero-order valence-electron chi connectivity index (χ0n) is 11.7. The first kappa shape index (κ1) is 13.4. The lowest BCUT2D eigenvalue weighted by Crippen LogP contribution is -2.03. The van der Waals surface area contributed by atoms with Crippen molar-refractivity contribution in [3.63, 3.8) is 0 Å². The lowest BCUT2D eigenvalue weighted by atomic mass is 10.1. The molecule has 0 spiro atoms. The number of aromatic nitrogens is 3. The zero-order valence-corrected chi connectivity index (χ0v) is 11.7. The van der Waals surface area contributed by atoms with Gasteiger partial charge in [0.15, 0.2) is 0 Å². The van der Waals surface area contributed by atoms with Gasteiger partial charge in [-0.1, -0.05) is 36.4 Å². The molecule has 3 aromatic rings. The minimum atomic E-state index is 0.592. The Hall–Kier alpha value is -2.62. The van der Waals surface area contributed by atoms with E-state index in [4.69, 9.17) is 4.74 Å². The number of hydrogen-bond donors (Lipinski definition) is 1. The molecular weight excluding hydrogens is 262 g/mol. The second kappa shape index (κ2) is 6.22. The largest absolute Gasteiger partial charge is 0.477 e. The molecule has 0 atom stereocenters. The molecule has 0 aliphatic rings. The first-order chi connectivity index (χ1) is 10.4. The van der Waals surface area contributed by atoms with Gasteiger partial charge in [-0.25, -0.2) is 9.97 Å². The second-order valence-corrected chi connectivity index (χ2v) is 4.79. The van der Waals surface area contributed by atoms with Crippen molar-refractivity contribution in [1.82, 2.24) is 15.0 Å². The van der Waals surface area contributed by atoms with Gasteiger partial charge in [0.05, 0.1) is 12.0 Å². The van der Waals surface area contributed by atoms with E-state index < -0.39 is 0 Å². The summed E-state index contributed by atoms with van der Waals surface area (Å²) >= 11 is 0. The summed E-state index contributed by atoms with van der Waals surface area (Å²) in [7, 11) is 0. The molecule has 0 radical (unpaired) electrons. The number of aromatic amines is 1. The predicted octanol–water partition coefficient (Wildman–Crippen LogP) is 3.31. The molecule has 21 heavy (non-hydrogen) atoms. The Balaban J connectivity index is 1.77. The van der Waals surface area contributed by atoms with Gasteiger partial charge in [0.2, 0.25) is 5.88 Å². The predicted molar refractivity (Wildman–Crippen MR) is 83.4 cm³/mol. The van der Waals surface area contributed by atoms with E-state index in [2.05, 4.69) is 33.7 Å². The number of nitrogens with zero attached hydrogens (tertiary/aromatic N) is 2. The Bertz CT molecular complexity index is 734. The van der Waals surface area contributed by atoms with Crippen LogP contribution < -0.4 is 4.74 Å². The second-order valence-electron chi connectivity index (χ2n) is 4.79. The van der Waals surface area contributed by atoms with Gasteiger partial charge >= 0.3 is 0 Å². The smallest absolute Gasteiger partial charge is 0.226 e. The van der Waals surface area contributed by atoms with Gasteiger partial charge in [0.25, 0.3) is 0 Å². The molecule has 4 nitrogen and oxygen atoms in total. The van der Waals surface area contributed by atoms with E-state index in [1.165, 1.54) is 11.9 Å². The van der Waals surface area contributed by atoms with Crippen molar-refractivity contribution in [2.75, 3.05) is 6.61 Å². The normalized spacial score (nSPS) is 10.7. The standard InChI is InChI=1S/C17H17N3O/c1-2-6-14-11-18-16-15(14)17(20-12-19-16)21-10-9-13-7-4-3-5-8-13/h2-5,7-8,11-12H,1,6,9-10H2,(H,18,19,20).